The number of allylic oxidation sites excluding steroid dienone is 2. The van der Waals surface area contributed by atoms with Crippen LogP contribution >= 0.6 is 0 Å². The molecule has 0 bridgehead atoms. The smallest absolute Gasteiger partial charge is 0.493 e. The first kappa shape index (κ1) is 116. The van der Waals surface area contributed by atoms with Crippen molar-refractivity contribution in [2.75, 3.05) is 0 Å². The minimum atomic E-state index is 0. The summed E-state index contributed by atoms with van der Waals surface area (Å²) in [6.07, 6.45) is 116. The molecule has 0 unspecified atom stereocenters. The predicted molar refractivity (Wildman–Crippen MR) is 535 cm³/mol. The monoisotopic (exact) mass is 1690 g/mol. The first-order chi connectivity index (χ1) is 58.3. The Bertz CT molecular complexity index is 2600. The van der Waals surface area contributed by atoms with Gasteiger partial charge in [-0.15, -0.1) is 0 Å². The average Bonchev–Trinajstić information content (AvgIpc) is 1.60. The van der Waals surface area contributed by atoms with Gasteiger partial charge in [0, 0.05) is 24.0 Å². The molecular formula is C116H206N2Ni. The van der Waals surface area contributed by atoms with Crippen molar-refractivity contribution in [2.45, 2.75) is 608 Å². The van der Waals surface area contributed by atoms with Gasteiger partial charge >= 0.3 is 16.5 Å². The van der Waals surface area contributed by atoms with E-state index in [0.717, 1.165) is 97.9 Å². The van der Waals surface area contributed by atoms with Gasteiger partial charge in [0.25, 0.3) is 0 Å². The Morgan fingerprint density at radius 2 is 0.361 bits per heavy atom. The van der Waals surface area contributed by atoms with Crippen molar-refractivity contribution in [3.63, 3.8) is 0 Å². The summed E-state index contributed by atoms with van der Waals surface area (Å²) in [4.78, 5) is 0. The predicted octanol–water partition coefficient (Wildman–Crippen LogP) is 40.8. The van der Waals surface area contributed by atoms with Crippen molar-refractivity contribution in [3.8, 4) is 23.7 Å². The van der Waals surface area contributed by atoms with E-state index in [9.17, 15) is 5.53 Å². The van der Waals surface area contributed by atoms with E-state index in [4.69, 9.17) is 0 Å². The van der Waals surface area contributed by atoms with E-state index in [2.05, 4.69) is 129 Å². The minimum absolute atomic E-state index is 0. The summed E-state index contributed by atoms with van der Waals surface area (Å²) in [5, 5.41) is 0. The van der Waals surface area contributed by atoms with E-state index < -0.39 is 0 Å². The molecule has 0 atom stereocenters. The van der Waals surface area contributed by atoms with Gasteiger partial charge in [-0.05, 0) is 111 Å². The minimum Gasteiger partial charge on any atom is -0.493 e. The van der Waals surface area contributed by atoms with Gasteiger partial charge in [0.15, 0.2) is 0 Å². The summed E-state index contributed by atoms with van der Waals surface area (Å²) in [6, 6.07) is 14.5. The van der Waals surface area contributed by atoms with Crippen LogP contribution in [0.25, 0.3) is 16.9 Å². The first-order valence-corrected chi connectivity index (χ1v) is 54.1. The average molecular weight is 1690 g/mol. The molecule has 3 rings (SSSR count). The van der Waals surface area contributed by atoms with Crippen LogP contribution in [0.3, 0.4) is 0 Å². The molecule has 0 spiro atoms. The normalized spacial score (nSPS) is 11.9. The van der Waals surface area contributed by atoms with Crippen molar-refractivity contribution in [2.24, 2.45) is 0 Å². The zero-order valence-corrected chi connectivity index (χ0v) is 82.9. The molecular weight excluding hydrogens is 1480 g/mol. The Hall–Kier alpha value is -2.87. The van der Waals surface area contributed by atoms with Crippen LogP contribution in [-0.4, -0.2) is 4.70 Å². The van der Waals surface area contributed by atoms with E-state index in [1.165, 1.54) is 510 Å². The summed E-state index contributed by atoms with van der Waals surface area (Å²) in [6.45, 7) is 26.2. The Kier molecular flexibility index (Phi) is 92.0. The van der Waals surface area contributed by atoms with Crippen LogP contribution in [-0.2, 0) is 42.2 Å². The molecule has 0 aliphatic carbocycles. The maximum atomic E-state index is 13.0. The Labute approximate surface area is 759 Å². The fraction of sp³-hybridized carbons (Fsp3) is 0.810. The van der Waals surface area contributed by atoms with E-state index >= 15 is 0 Å². The van der Waals surface area contributed by atoms with Crippen LogP contribution < -0.4 is 0 Å². The summed E-state index contributed by atoms with van der Waals surface area (Å²) in [7, 11) is 0. The Morgan fingerprint density at radius 1 is 0.210 bits per heavy atom. The topological polar surface area (TPSA) is 25.3 Å². The number of hydrogen-bond donors (Lipinski definition) is 0. The second-order valence-corrected chi connectivity index (χ2v) is 37.4. The molecule has 0 fully saturated rings. The largest absolute Gasteiger partial charge is 2.00 e. The number of rotatable bonds is 84. The van der Waals surface area contributed by atoms with Crippen molar-refractivity contribution in [3.05, 3.63) is 100 Å². The molecule has 0 radical (unpaired) electrons. The SMILES string of the molecule is CCCCCC#CC1=C(c2cc(CCCCC)cc(CCCCCCCC)c2)[N+](=[N-])C(c2cc(CCCCC)cc(CCCCCCCC)c2)=C1C#CCCCCCCCCCCCCCCCCCCCCCCCCCCC.[CH2-]CCCCCCCCCCCCCCCCCC.[CH2-]CCCCCCCCCCCCCCCCCC.[Ni+2]. The molecule has 0 saturated heterocycles. The maximum Gasteiger partial charge on any atom is 2.00 e. The van der Waals surface area contributed by atoms with Crippen LogP contribution in [0.4, 0.5) is 0 Å². The van der Waals surface area contributed by atoms with Crippen molar-refractivity contribution < 1.29 is 21.2 Å². The molecule has 119 heavy (non-hydrogen) atoms. The fourth-order valence-corrected chi connectivity index (χ4v) is 17.7. The summed E-state index contributed by atoms with van der Waals surface area (Å²) < 4.78 is 1.56. The summed E-state index contributed by atoms with van der Waals surface area (Å²) in [5.74, 6) is 14.9. The number of unbranched alkanes of at least 4 members (excludes halogenated alkanes) is 74. The van der Waals surface area contributed by atoms with E-state index in [0.29, 0.717) is 0 Å². The third-order valence-corrected chi connectivity index (χ3v) is 25.5. The second-order valence-electron chi connectivity index (χ2n) is 37.4. The molecule has 1 heterocycles. The van der Waals surface area contributed by atoms with E-state index in [1.807, 2.05) is 0 Å². The van der Waals surface area contributed by atoms with Gasteiger partial charge in [0.1, 0.15) is 11.1 Å². The van der Waals surface area contributed by atoms with Crippen LogP contribution in [0.1, 0.15) is 615 Å². The van der Waals surface area contributed by atoms with Crippen LogP contribution in [0, 0.1) is 37.5 Å². The zero-order chi connectivity index (χ0) is 85.2. The molecule has 2 aromatic rings. The van der Waals surface area contributed by atoms with Crippen molar-refractivity contribution >= 4 is 11.4 Å². The molecule has 0 N–H and O–H groups in total. The maximum absolute atomic E-state index is 13.0. The standard InChI is InChI=1S/C78H128N2.2C19H39.Ni/c1-7-13-19-23-26-27-28-29-30-31-32-33-34-35-36-37-38-39-40-41-42-43-44-45-46-50-56-62-76-75(61-55-47-22-16-10-4)77(73-65-69(57-51-17-11-5)63-71(67-73)59-53-48-24-20-14-8-2)80(79)78(76)74-66-70(58-52-18-12-6)64-72(68-74)60-54-49-25-21-15-9-3;2*1-3-5-7-9-11-13-15-17-19-18-16-14-12-10-8-6-4-2;/h63-68H,7-54,57-60H2,1-6H3;2*1,3-19H2,2H3;/q;2*-1;+2. The molecule has 0 amide bonds. The summed E-state index contributed by atoms with van der Waals surface area (Å²) >= 11 is 0. The van der Waals surface area contributed by atoms with Gasteiger partial charge < -0.3 is 19.4 Å². The number of nitrogens with zero attached hydrogens (tertiary/aromatic N) is 2. The zero-order valence-electron chi connectivity index (χ0n) is 81.9. The fourth-order valence-electron chi connectivity index (χ4n) is 17.7. The molecule has 0 aromatic heterocycles. The molecule has 690 valence electrons. The summed E-state index contributed by atoms with van der Waals surface area (Å²) in [5.41, 5.74) is 24.3. The first-order valence-electron chi connectivity index (χ1n) is 54.1. The van der Waals surface area contributed by atoms with Gasteiger partial charge in [0.05, 0.1) is 0 Å². The van der Waals surface area contributed by atoms with Gasteiger partial charge in [-0.3, -0.25) is 0 Å². The van der Waals surface area contributed by atoms with Crippen molar-refractivity contribution in [1.82, 2.24) is 0 Å². The molecule has 2 aromatic carbocycles. The van der Waals surface area contributed by atoms with Crippen LogP contribution in [0.2, 0.25) is 0 Å². The second kappa shape index (κ2) is 94.3. The number of hydrogen-bond acceptors (Lipinski definition) is 0. The van der Waals surface area contributed by atoms with E-state index in [-0.39, 0.29) is 16.5 Å². The molecule has 1 aliphatic rings. The Balaban J connectivity index is 0.00000291. The molecule has 3 heteroatoms. The Morgan fingerprint density at radius 3 is 0.563 bits per heavy atom. The molecule has 0 saturated carbocycles. The number of aryl methyl sites for hydroxylation is 4. The van der Waals surface area contributed by atoms with Gasteiger partial charge in [0.2, 0.25) is 11.4 Å². The molecule has 1 aliphatic heterocycles. The quantitative estimate of drug-likeness (QED) is 0.0207. The van der Waals surface area contributed by atoms with Gasteiger partial charge in [-0.2, -0.15) is 12.8 Å². The van der Waals surface area contributed by atoms with Crippen LogP contribution in [0.15, 0.2) is 47.5 Å². The van der Waals surface area contributed by atoms with Crippen molar-refractivity contribution in [1.29, 1.82) is 0 Å². The van der Waals surface area contributed by atoms with Gasteiger partial charge in [-0.25, -0.2) is 4.70 Å². The van der Waals surface area contributed by atoms with Crippen LogP contribution in [0.5, 0.6) is 0 Å². The third-order valence-electron chi connectivity index (χ3n) is 25.5. The van der Waals surface area contributed by atoms with E-state index in [1.54, 1.807) is 4.70 Å². The van der Waals surface area contributed by atoms with Gasteiger partial charge in [-0.1, -0.05) is 554 Å². The number of benzene rings is 2. The third kappa shape index (κ3) is 71.9. The molecule has 2 nitrogen and oxygen atoms in total.